The molecule has 4 aromatic rings. The van der Waals surface area contributed by atoms with Crippen molar-refractivity contribution in [1.29, 1.82) is 0 Å². The van der Waals surface area contributed by atoms with Crippen LogP contribution in [0.4, 0.5) is 30.4 Å². The molecule has 1 fully saturated rings. The second kappa shape index (κ2) is 15.2. The van der Waals surface area contributed by atoms with Gasteiger partial charge in [-0.15, -0.1) is 0 Å². The van der Waals surface area contributed by atoms with Gasteiger partial charge in [-0.2, -0.15) is 24.9 Å². The SMILES string of the molecule is O=C(Nc1ccc(N2CCCCC2)cc1C(=O)Nc1cnc(-c2cccc(C(F)(F)F)c2)cn1)c1cccc(CSCCCO)c1. The number of thioether (sulfide) groups is 1. The number of amides is 2. The van der Waals surface area contributed by atoms with Crippen molar-refractivity contribution >= 4 is 40.8 Å². The van der Waals surface area contributed by atoms with Crippen molar-refractivity contribution in [2.45, 2.75) is 37.6 Å². The molecule has 1 aliphatic rings. The quantitative estimate of drug-likeness (QED) is 0.147. The van der Waals surface area contributed by atoms with E-state index in [0.717, 1.165) is 61.5 Å². The summed E-state index contributed by atoms with van der Waals surface area (Å²) >= 11 is 1.67. The maximum absolute atomic E-state index is 13.6. The number of rotatable bonds is 11. The van der Waals surface area contributed by atoms with Crippen LogP contribution in [0, 0.1) is 0 Å². The number of alkyl halides is 3. The number of nitrogens with one attached hydrogen (secondary N) is 2. The van der Waals surface area contributed by atoms with Gasteiger partial charge >= 0.3 is 6.18 Å². The Morgan fingerprint density at radius 2 is 1.70 bits per heavy atom. The lowest BCUT2D eigenvalue weighted by molar-refractivity contribution is -0.137. The Hall–Kier alpha value is -4.42. The van der Waals surface area contributed by atoms with E-state index >= 15 is 0 Å². The Bertz CT molecular complexity index is 1660. The first-order chi connectivity index (χ1) is 22.2. The third-order valence-corrected chi connectivity index (χ3v) is 8.62. The zero-order chi connectivity index (χ0) is 32.5. The molecule has 3 N–H and O–H groups in total. The third kappa shape index (κ3) is 8.64. The Labute approximate surface area is 269 Å². The summed E-state index contributed by atoms with van der Waals surface area (Å²) in [6.07, 6.45) is 2.03. The van der Waals surface area contributed by atoms with Crippen molar-refractivity contribution in [3.63, 3.8) is 0 Å². The molecule has 12 heteroatoms. The fourth-order valence-corrected chi connectivity index (χ4v) is 6.00. The van der Waals surface area contributed by atoms with E-state index < -0.39 is 17.6 Å². The smallest absolute Gasteiger partial charge is 0.396 e. The van der Waals surface area contributed by atoms with E-state index in [9.17, 15) is 22.8 Å². The molecule has 3 aromatic carbocycles. The summed E-state index contributed by atoms with van der Waals surface area (Å²) in [5.74, 6) is 0.726. The first kappa shape index (κ1) is 33.0. The van der Waals surface area contributed by atoms with Crippen LogP contribution in [-0.4, -0.2) is 52.3 Å². The molecule has 5 rings (SSSR count). The molecule has 0 saturated carbocycles. The van der Waals surface area contributed by atoms with Gasteiger partial charge < -0.3 is 20.6 Å². The number of anilines is 3. The summed E-state index contributed by atoms with van der Waals surface area (Å²) in [6.45, 7) is 1.86. The highest BCUT2D eigenvalue weighted by Gasteiger charge is 2.30. The zero-order valence-corrected chi connectivity index (χ0v) is 25.8. The fraction of sp³-hybridized carbons (Fsp3) is 0.294. The second-order valence-electron chi connectivity index (χ2n) is 10.9. The lowest BCUT2D eigenvalue weighted by atomic mass is 10.1. The summed E-state index contributed by atoms with van der Waals surface area (Å²) in [5.41, 5.74) is 2.50. The summed E-state index contributed by atoms with van der Waals surface area (Å²) in [7, 11) is 0. The number of carbonyl (C=O) groups excluding carboxylic acids is 2. The number of hydrogen-bond acceptors (Lipinski definition) is 7. The largest absolute Gasteiger partial charge is 0.416 e. The van der Waals surface area contributed by atoms with Crippen LogP contribution in [0.1, 0.15) is 57.5 Å². The van der Waals surface area contributed by atoms with E-state index in [4.69, 9.17) is 5.11 Å². The average molecular weight is 650 g/mol. The van der Waals surface area contributed by atoms with Crippen LogP contribution >= 0.6 is 11.8 Å². The van der Waals surface area contributed by atoms with Crippen molar-refractivity contribution in [1.82, 2.24) is 9.97 Å². The molecule has 8 nitrogen and oxygen atoms in total. The molecule has 1 aromatic heterocycles. The number of halogens is 3. The van der Waals surface area contributed by atoms with Gasteiger partial charge in [0.2, 0.25) is 0 Å². The Kier molecular flexibility index (Phi) is 10.9. The lowest BCUT2D eigenvalue weighted by Crippen LogP contribution is -2.29. The van der Waals surface area contributed by atoms with Crippen molar-refractivity contribution < 1.29 is 27.9 Å². The van der Waals surface area contributed by atoms with Crippen LogP contribution in [0.3, 0.4) is 0 Å². The number of aromatic nitrogens is 2. The maximum atomic E-state index is 13.6. The minimum Gasteiger partial charge on any atom is -0.396 e. The van der Waals surface area contributed by atoms with Crippen LogP contribution in [-0.2, 0) is 11.9 Å². The monoisotopic (exact) mass is 649 g/mol. The fourth-order valence-electron chi connectivity index (χ4n) is 5.11. The summed E-state index contributed by atoms with van der Waals surface area (Å²) in [6, 6.07) is 17.4. The maximum Gasteiger partial charge on any atom is 0.416 e. The standard InChI is InChI=1S/C34H34F3N5O3S/c35-34(36,37)26-10-5-8-24(18-26)30-20-39-31(21-38-30)41-33(45)28-19-27(42-13-2-1-3-14-42)11-12-29(28)40-32(44)25-9-4-7-23(17-25)22-46-16-6-15-43/h4-5,7-12,17-21,43H,1-3,6,13-16,22H2,(H,40,44)(H,39,41,45). The van der Waals surface area contributed by atoms with E-state index in [1.54, 1.807) is 30.0 Å². The normalized spacial score (nSPS) is 13.3. The van der Waals surface area contributed by atoms with E-state index in [0.29, 0.717) is 23.4 Å². The van der Waals surface area contributed by atoms with Gasteiger partial charge in [-0.05, 0) is 79.5 Å². The molecule has 0 radical (unpaired) electrons. The Balaban J connectivity index is 1.35. The van der Waals surface area contributed by atoms with Crippen LogP contribution in [0.25, 0.3) is 11.3 Å². The third-order valence-electron chi connectivity index (χ3n) is 7.50. The van der Waals surface area contributed by atoms with Gasteiger partial charge in [0, 0.05) is 42.3 Å². The van der Waals surface area contributed by atoms with Crippen LogP contribution in [0.15, 0.2) is 79.1 Å². The molecule has 0 spiro atoms. The molecule has 2 amide bonds. The van der Waals surface area contributed by atoms with Crippen LogP contribution in [0.5, 0.6) is 0 Å². The predicted octanol–water partition coefficient (Wildman–Crippen LogP) is 7.27. The lowest BCUT2D eigenvalue weighted by Gasteiger charge is -2.29. The van der Waals surface area contributed by atoms with Crippen molar-refractivity contribution in [2.75, 3.05) is 41.0 Å². The molecule has 240 valence electrons. The van der Waals surface area contributed by atoms with Gasteiger partial charge in [-0.3, -0.25) is 14.6 Å². The van der Waals surface area contributed by atoms with Gasteiger partial charge in [0.25, 0.3) is 11.8 Å². The predicted molar refractivity (Wildman–Crippen MR) is 175 cm³/mol. The molecular weight excluding hydrogens is 615 g/mol. The highest BCUT2D eigenvalue weighted by atomic mass is 32.2. The number of hydrogen-bond donors (Lipinski definition) is 3. The molecule has 0 bridgehead atoms. The molecule has 0 atom stereocenters. The second-order valence-corrected chi connectivity index (χ2v) is 12.0. The van der Waals surface area contributed by atoms with Gasteiger partial charge in [0.1, 0.15) is 0 Å². The number of nitrogens with zero attached hydrogens (tertiary/aromatic N) is 3. The van der Waals surface area contributed by atoms with E-state index in [-0.39, 0.29) is 35.2 Å². The number of aliphatic hydroxyl groups is 1. The Morgan fingerprint density at radius 3 is 2.43 bits per heavy atom. The molecule has 0 unspecified atom stereocenters. The van der Waals surface area contributed by atoms with Gasteiger partial charge in [-0.25, -0.2) is 4.98 Å². The number of benzene rings is 3. The number of aliphatic hydroxyl groups excluding tert-OH is 1. The first-order valence-electron chi connectivity index (χ1n) is 15.0. The van der Waals surface area contributed by atoms with E-state index in [1.165, 1.54) is 24.5 Å². The highest BCUT2D eigenvalue weighted by Crippen LogP contribution is 2.32. The molecule has 2 heterocycles. The van der Waals surface area contributed by atoms with Crippen molar-refractivity contribution in [3.05, 3.63) is 101 Å². The van der Waals surface area contributed by atoms with Crippen LogP contribution < -0.4 is 15.5 Å². The summed E-state index contributed by atoms with van der Waals surface area (Å²) in [4.78, 5) is 37.6. The summed E-state index contributed by atoms with van der Waals surface area (Å²) in [5, 5.41) is 14.6. The number of piperidine rings is 1. The van der Waals surface area contributed by atoms with Crippen LogP contribution in [0.2, 0.25) is 0 Å². The summed E-state index contributed by atoms with van der Waals surface area (Å²) < 4.78 is 39.5. The zero-order valence-electron chi connectivity index (χ0n) is 25.0. The highest BCUT2D eigenvalue weighted by molar-refractivity contribution is 7.98. The average Bonchev–Trinajstić information content (AvgIpc) is 3.07. The van der Waals surface area contributed by atoms with E-state index in [2.05, 4.69) is 25.5 Å². The molecule has 1 aliphatic heterocycles. The van der Waals surface area contributed by atoms with Crippen molar-refractivity contribution in [2.24, 2.45) is 0 Å². The first-order valence-corrected chi connectivity index (χ1v) is 16.2. The molecule has 46 heavy (non-hydrogen) atoms. The van der Waals surface area contributed by atoms with Gasteiger partial charge in [0.05, 0.1) is 34.9 Å². The molecule has 1 saturated heterocycles. The number of carbonyl (C=O) groups is 2. The molecule has 0 aliphatic carbocycles. The van der Waals surface area contributed by atoms with Gasteiger partial charge in [-0.1, -0.05) is 24.3 Å². The minimum atomic E-state index is -4.49. The van der Waals surface area contributed by atoms with Gasteiger partial charge in [0.15, 0.2) is 5.82 Å². The van der Waals surface area contributed by atoms with E-state index in [1.807, 2.05) is 24.3 Å². The molecular formula is C34H34F3N5O3S. The topological polar surface area (TPSA) is 107 Å². The van der Waals surface area contributed by atoms with Crippen molar-refractivity contribution in [3.8, 4) is 11.3 Å². The Morgan fingerprint density at radius 1 is 0.891 bits per heavy atom. The minimum absolute atomic E-state index is 0.104.